The fourth-order valence-corrected chi connectivity index (χ4v) is 3.28. The molecule has 2 aromatic carbocycles. The summed E-state index contributed by atoms with van der Waals surface area (Å²) < 4.78 is 20.4. The van der Waals surface area contributed by atoms with Gasteiger partial charge in [0.15, 0.2) is 6.61 Å². The average molecular weight is 392 g/mol. The van der Waals surface area contributed by atoms with E-state index in [0.717, 1.165) is 10.9 Å². The normalized spacial score (nSPS) is 11.8. The lowest BCUT2D eigenvalue weighted by atomic mass is 10.0. The van der Waals surface area contributed by atoms with Crippen molar-refractivity contribution >= 4 is 22.7 Å². The van der Waals surface area contributed by atoms with Gasteiger partial charge in [0.05, 0.1) is 18.4 Å². The number of aryl methyl sites for hydroxylation is 1. The number of nitriles is 1. The molecule has 0 amide bonds. The highest BCUT2D eigenvalue weighted by Crippen LogP contribution is 2.22. The van der Waals surface area contributed by atoms with Crippen LogP contribution in [-0.4, -0.2) is 22.9 Å². The highest BCUT2D eigenvalue weighted by molar-refractivity contribution is 6.09. The van der Waals surface area contributed by atoms with Crippen LogP contribution in [0.1, 0.15) is 29.3 Å². The summed E-state index contributed by atoms with van der Waals surface area (Å²) in [7, 11) is 0. The Morgan fingerprint density at radius 3 is 2.76 bits per heavy atom. The summed E-state index contributed by atoms with van der Waals surface area (Å²) in [6.45, 7) is 1.80. The fourth-order valence-electron chi connectivity index (χ4n) is 3.28. The van der Waals surface area contributed by atoms with Gasteiger partial charge in [-0.3, -0.25) is 9.59 Å². The molecular weight excluding hydrogens is 371 g/mol. The summed E-state index contributed by atoms with van der Waals surface area (Å²) in [6.07, 6.45) is 2.37. The smallest absolute Gasteiger partial charge is 0.309 e. The second-order valence-corrected chi connectivity index (χ2v) is 6.93. The minimum absolute atomic E-state index is 0.303. The minimum atomic E-state index is -0.504. The number of para-hydroxylation sites is 1. The summed E-state index contributed by atoms with van der Waals surface area (Å²) in [5.41, 5.74) is 2.02. The van der Waals surface area contributed by atoms with E-state index in [0.29, 0.717) is 30.5 Å². The second kappa shape index (κ2) is 9.16. The van der Waals surface area contributed by atoms with Gasteiger partial charge >= 0.3 is 5.97 Å². The number of aromatic nitrogens is 1. The molecular formula is C23H21FN2O3. The third-order valence-corrected chi connectivity index (χ3v) is 4.73. The third-order valence-electron chi connectivity index (χ3n) is 4.73. The molecule has 0 fully saturated rings. The van der Waals surface area contributed by atoms with Crippen molar-refractivity contribution in [2.45, 2.75) is 26.3 Å². The molecule has 0 bridgehead atoms. The molecule has 148 valence electrons. The van der Waals surface area contributed by atoms with Crippen LogP contribution < -0.4 is 0 Å². The Morgan fingerprint density at radius 2 is 2.00 bits per heavy atom. The van der Waals surface area contributed by atoms with Crippen LogP contribution in [0.15, 0.2) is 54.7 Å². The number of halogens is 1. The van der Waals surface area contributed by atoms with Gasteiger partial charge in [-0.15, -0.1) is 0 Å². The standard InChI is InChI=1S/C23H21FN2O3/c1-16(12-17-6-4-7-18(24)13-17)23(28)29-15-22(27)20-14-26(11-5-10-25)21-9-3-2-8-19(20)21/h2-4,6-9,13-14,16H,5,11-12,15H2,1H3. The van der Waals surface area contributed by atoms with E-state index in [9.17, 15) is 14.0 Å². The molecule has 0 spiro atoms. The number of benzene rings is 2. The molecule has 0 aliphatic heterocycles. The predicted molar refractivity (Wildman–Crippen MR) is 107 cm³/mol. The largest absolute Gasteiger partial charge is 0.457 e. The van der Waals surface area contributed by atoms with E-state index in [4.69, 9.17) is 10.00 Å². The van der Waals surface area contributed by atoms with Crippen LogP contribution in [0.5, 0.6) is 0 Å². The number of hydrogen-bond acceptors (Lipinski definition) is 4. The molecule has 0 radical (unpaired) electrons. The molecule has 3 rings (SSSR count). The van der Waals surface area contributed by atoms with Gasteiger partial charge in [-0.05, 0) is 30.2 Å². The molecule has 29 heavy (non-hydrogen) atoms. The van der Waals surface area contributed by atoms with E-state index in [-0.39, 0.29) is 18.2 Å². The highest BCUT2D eigenvalue weighted by Gasteiger charge is 2.20. The molecule has 3 aromatic rings. The Bertz CT molecular complexity index is 1080. The van der Waals surface area contributed by atoms with E-state index >= 15 is 0 Å². The molecule has 0 N–H and O–H groups in total. The van der Waals surface area contributed by atoms with E-state index < -0.39 is 11.9 Å². The van der Waals surface area contributed by atoms with Crippen LogP contribution in [0.4, 0.5) is 4.39 Å². The van der Waals surface area contributed by atoms with Gasteiger partial charge in [-0.1, -0.05) is 37.3 Å². The van der Waals surface area contributed by atoms with Gasteiger partial charge in [-0.2, -0.15) is 5.26 Å². The summed E-state index contributed by atoms with van der Waals surface area (Å²) in [5.74, 6) is -1.66. The first kappa shape index (κ1) is 20.3. The Kier molecular flexibility index (Phi) is 6.40. The first-order chi connectivity index (χ1) is 14.0. The summed E-state index contributed by atoms with van der Waals surface area (Å²) in [5, 5.41) is 9.59. The van der Waals surface area contributed by atoms with Crippen LogP contribution in [0.3, 0.4) is 0 Å². The van der Waals surface area contributed by atoms with Crippen LogP contribution in [0.25, 0.3) is 10.9 Å². The van der Waals surface area contributed by atoms with Gasteiger partial charge in [0.1, 0.15) is 5.82 Å². The molecule has 1 aromatic heterocycles. The number of carbonyl (C=O) groups excluding carboxylic acids is 2. The van der Waals surface area contributed by atoms with Crippen molar-refractivity contribution < 1.29 is 18.7 Å². The number of hydrogen-bond donors (Lipinski definition) is 0. The first-order valence-electron chi connectivity index (χ1n) is 9.38. The van der Waals surface area contributed by atoms with Crippen molar-refractivity contribution in [1.29, 1.82) is 5.26 Å². The monoisotopic (exact) mass is 392 g/mol. The second-order valence-electron chi connectivity index (χ2n) is 6.93. The van der Waals surface area contributed by atoms with E-state index in [1.165, 1.54) is 12.1 Å². The summed E-state index contributed by atoms with van der Waals surface area (Å²) in [4.78, 5) is 24.9. The minimum Gasteiger partial charge on any atom is -0.457 e. The van der Waals surface area contributed by atoms with Crippen LogP contribution in [0, 0.1) is 23.1 Å². The molecule has 1 unspecified atom stereocenters. The zero-order chi connectivity index (χ0) is 20.8. The van der Waals surface area contributed by atoms with Crippen molar-refractivity contribution in [2.75, 3.05) is 6.61 Å². The topological polar surface area (TPSA) is 72.1 Å². The summed E-state index contributed by atoms with van der Waals surface area (Å²) in [6, 6.07) is 15.6. The quantitative estimate of drug-likeness (QED) is 0.423. The van der Waals surface area contributed by atoms with E-state index in [1.807, 2.05) is 28.8 Å². The third kappa shape index (κ3) is 4.88. The molecule has 0 saturated heterocycles. The number of rotatable bonds is 8. The van der Waals surface area contributed by atoms with Crippen molar-refractivity contribution in [3.63, 3.8) is 0 Å². The zero-order valence-electron chi connectivity index (χ0n) is 16.1. The van der Waals surface area contributed by atoms with Crippen molar-refractivity contribution in [2.24, 2.45) is 5.92 Å². The lowest BCUT2D eigenvalue weighted by Crippen LogP contribution is -2.21. The molecule has 1 heterocycles. The predicted octanol–water partition coefficient (Wildman–Crippen LogP) is 4.30. The lowest BCUT2D eigenvalue weighted by molar-refractivity contribution is -0.146. The first-order valence-corrected chi connectivity index (χ1v) is 9.38. The molecule has 5 nitrogen and oxygen atoms in total. The highest BCUT2D eigenvalue weighted by atomic mass is 19.1. The number of ketones is 1. The molecule has 0 aliphatic rings. The van der Waals surface area contributed by atoms with Crippen molar-refractivity contribution in [3.05, 3.63) is 71.7 Å². The summed E-state index contributed by atoms with van der Waals surface area (Å²) >= 11 is 0. The fraction of sp³-hybridized carbons (Fsp3) is 0.261. The van der Waals surface area contributed by atoms with Gasteiger partial charge in [-0.25, -0.2) is 4.39 Å². The zero-order valence-corrected chi connectivity index (χ0v) is 16.1. The van der Waals surface area contributed by atoms with E-state index in [2.05, 4.69) is 6.07 Å². The van der Waals surface area contributed by atoms with Gasteiger partial charge < -0.3 is 9.30 Å². The van der Waals surface area contributed by atoms with Crippen LogP contribution in [0.2, 0.25) is 0 Å². The number of esters is 1. The maximum atomic E-state index is 13.3. The van der Waals surface area contributed by atoms with Crippen molar-refractivity contribution in [3.8, 4) is 6.07 Å². The SMILES string of the molecule is CC(Cc1cccc(F)c1)C(=O)OCC(=O)c1cn(CCC#N)c2ccccc12. The molecule has 6 heteroatoms. The Balaban J connectivity index is 1.66. The van der Waals surface area contributed by atoms with Crippen LogP contribution in [-0.2, 0) is 22.5 Å². The maximum absolute atomic E-state index is 13.3. The Morgan fingerprint density at radius 1 is 1.21 bits per heavy atom. The maximum Gasteiger partial charge on any atom is 0.309 e. The Hall–Kier alpha value is -3.46. The van der Waals surface area contributed by atoms with E-state index in [1.54, 1.807) is 25.3 Å². The average Bonchev–Trinajstić information content (AvgIpc) is 3.09. The lowest BCUT2D eigenvalue weighted by Gasteiger charge is -2.11. The molecule has 0 aliphatic carbocycles. The number of carbonyl (C=O) groups is 2. The number of fused-ring (bicyclic) bond motifs is 1. The Labute approximate surface area is 168 Å². The van der Waals surface area contributed by atoms with Gasteiger partial charge in [0.25, 0.3) is 0 Å². The number of ether oxygens (including phenoxy) is 1. The number of nitrogens with zero attached hydrogens (tertiary/aromatic N) is 2. The van der Waals surface area contributed by atoms with Gasteiger partial charge in [0.2, 0.25) is 5.78 Å². The van der Waals surface area contributed by atoms with Gasteiger partial charge in [0, 0.05) is 29.2 Å². The molecule has 0 saturated carbocycles. The molecule has 1 atom stereocenters. The van der Waals surface area contributed by atoms with Crippen molar-refractivity contribution in [1.82, 2.24) is 4.57 Å². The number of Topliss-reactive ketones (excluding diaryl/α,β-unsaturated/α-hetero) is 1. The van der Waals surface area contributed by atoms with Crippen LogP contribution >= 0.6 is 0 Å².